The minimum atomic E-state index is -0.700. The van der Waals surface area contributed by atoms with Gasteiger partial charge in [-0.3, -0.25) is 0 Å². The van der Waals surface area contributed by atoms with Crippen molar-refractivity contribution in [2.45, 2.75) is 19.0 Å². The van der Waals surface area contributed by atoms with E-state index in [9.17, 15) is 4.39 Å². The fourth-order valence-electron chi connectivity index (χ4n) is 0.694. The highest BCUT2D eigenvalue weighted by atomic mass is 19.1. The molecule has 41 valence electrons. The molecule has 0 saturated carbocycles. The third-order valence-corrected chi connectivity index (χ3v) is 1.10. The summed E-state index contributed by atoms with van der Waals surface area (Å²) in [6, 6.07) is 0. The lowest BCUT2D eigenvalue weighted by Crippen LogP contribution is -2.25. The van der Waals surface area contributed by atoms with E-state index in [2.05, 4.69) is 5.32 Å². The molecule has 0 aromatic carbocycles. The topological polar surface area (TPSA) is 12.0 Å². The van der Waals surface area contributed by atoms with Crippen LogP contribution in [-0.4, -0.2) is 12.7 Å². The summed E-state index contributed by atoms with van der Waals surface area (Å²) in [5.41, 5.74) is 0. The summed E-state index contributed by atoms with van der Waals surface area (Å²) in [6.07, 6.45) is 0.971. The molecule has 1 radical (unpaired) electrons. The third kappa shape index (κ3) is 1.43. The Kier molecular flexibility index (Phi) is 1.63. The molecule has 1 atom stereocenters. The molecular formula is C5H9FN. The van der Waals surface area contributed by atoms with E-state index in [1.165, 1.54) is 6.54 Å². The molecule has 1 aliphatic heterocycles. The Hall–Kier alpha value is -0.110. The van der Waals surface area contributed by atoms with Crippen molar-refractivity contribution in [2.75, 3.05) is 6.54 Å². The van der Waals surface area contributed by atoms with E-state index in [4.69, 9.17) is 0 Å². The van der Waals surface area contributed by atoms with Crippen LogP contribution in [0.4, 0.5) is 4.39 Å². The van der Waals surface area contributed by atoms with Gasteiger partial charge in [0.2, 0.25) is 0 Å². The summed E-state index contributed by atoms with van der Waals surface area (Å²) in [4.78, 5) is 0. The van der Waals surface area contributed by atoms with E-state index in [0.717, 1.165) is 13.0 Å². The standard InChI is InChI=1S/C5H9FN/c6-5-2-1-3-7-4-5/h4-5,7H,1-3H2. The van der Waals surface area contributed by atoms with Gasteiger partial charge in [0.15, 0.2) is 0 Å². The van der Waals surface area contributed by atoms with Gasteiger partial charge in [-0.25, -0.2) is 4.39 Å². The smallest absolute Gasteiger partial charge is 0.117 e. The Morgan fingerprint density at radius 1 is 1.71 bits per heavy atom. The first-order valence-corrected chi connectivity index (χ1v) is 2.60. The number of hydrogen-bond donors (Lipinski definition) is 1. The molecule has 1 unspecified atom stereocenters. The van der Waals surface area contributed by atoms with Crippen LogP contribution in [0.15, 0.2) is 0 Å². The molecule has 1 nitrogen and oxygen atoms in total. The quantitative estimate of drug-likeness (QED) is 0.478. The van der Waals surface area contributed by atoms with Crippen LogP contribution in [0.1, 0.15) is 12.8 Å². The van der Waals surface area contributed by atoms with Crippen LogP contribution >= 0.6 is 0 Å². The zero-order valence-corrected chi connectivity index (χ0v) is 4.15. The van der Waals surface area contributed by atoms with E-state index in [1.807, 2.05) is 0 Å². The summed E-state index contributed by atoms with van der Waals surface area (Å²) < 4.78 is 12.1. The second-order valence-corrected chi connectivity index (χ2v) is 1.78. The van der Waals surface area contributed by atoms with Crippen molar-refractivity contribution in [3.05, 3.63) is 6.54 Å². The molecule has 0 aromatic heterocycles. The normalized spacial score (nSPS) is 33.0. The van der Waals surface area contributed by atoms with Gasteiger partial charge >= 0.3 is 0 Å². The lowest BCUT2D eigenvalue weighted by Gasteiger charge is -2.13. The Labute approximate surface area is 42.9 Å². The molecule has 0 spiro atoms. The number of hydrogen-bond acceptors (Lipinski definition) is 1. The molecule has 0 bridgehead atoms. The van der Waals surface area contributed by atoms with Crippen molar-refractivity contribution in [3.8, 4) is 0 Å². The maximum atomic E-state index is 12.1. The maximum Gasteiger partial charge on any atom is 0.117 e. The van der Waals surface area contributed by atoms with Gasteiger partial charge in [-0.2, -0.15) is 0 Å². The van der Waals surface area contributed by atoms with Crippen LogP contribution in [0.25, 0.3) is 0 Å². The number of piperidine rings is 1. The zero-order valence-electron chi connectivity index (χ0n) is 4.15. The highest BCUT2D eigenvalue weighted by Gasteiger charge is 2.09. The molecule has 1 saturated heterocycles. The minimum Gasteiger partial charge on any atom is -0.310 e. The molecule has 1 aliphatic rings. The molecule has 1 rings (SSSR count). The van der Waals surface area contributed by atoms with Gasteiger partial charge in [-0.15, -0.1) is 0 Å². The SMILES string of the molecule is FC1[CH]NCCC1. The highest BCUT2D eigenvalue weighted by Crippen LogP contribution is 2.06. The molecule has 1 heterocycles. The van der Waals surface area contributed by atoms with Crippen molar-refractivity contribution in [1.29, 1.82) is 0 Å². The Morgan fingerprint density at radius 3 is 2.86 bits per heavy atom. The minimum absolute atomic E-state index is 0.700. The first kappa shape index (κ1) is 5.04. The van der Waals surface area contributed by atoms with Crippen LogP contribution in [0.2, 0.25) is 0 Å². The molecular weight excluding hydrogens is 93.1 g/mol. The van der Waals surface area contributed by atoms with E-state index < -0.39 is 6.17 Å². The first-order chi connectivity index (χ1) is 3.39. The highest BCUT2D eigenvalue weighted by molar-refractivity contribution is 4.78. The predicted octanol–water partition coefficient (Wildman–Crippen LogP) is 0.870. The van der Waals surface area contributed by atoms with Gasteiger partial charge in [0.1, 0.15) is 6.17 Å². The van der Waals surface area contributed by atoms with Crippen LogP contribution < -0.4 is 5.32 Å². The first-order valence-electron chi connectivity index (χ1n) is 2.60. The van der Waals surface area contributed by atoms with Crippen LogP contribution in [0, 0.1) is 6.54 Å². The number of nitrogens with one attached hydrogen (secondary N) is 1. The molecule has 2 heteroatoms. The zero-order chi connectivity index (χ0) is 5.11. The van der Waals surface area contributed by atoms with Gasteiger partial charge in [-0.05, 0) is 19.4 Å². The molecule has 7 heavy (non-hydrogen) atoms. The summed E-state index contributed by atoms with van der Waals surface area (Å²) in [5.74, 6) is 0. The van der Waals surface area contributed by atoms with Gasteiger partial charge in [0.05, 0.1) is 6.54 Å². The third-order valence-electron chi connectivity index (χ3n) is 1.10. The van der Waals surface area contributed by atoms with Crippen LogP contribution in [0.5, 0.6) is 0 Å². The summed E-state index contributed by atoms with van der Waals surface area (Å²) in [7, 11) is 0. The van der Waals surface area contributed by atoms with Crippen LogP contribution in [-0.2, 0) is 0 Å². The number of halogens is 1. The number of alkyl halides is 1. The van der Waals surface area contributed by atoms with Crippen molar-refractivity contribution in [1.82, 2.24) is 5.32 Å². The fraction of sp³-hybridized carbons (Fsp3) is 0.800. The summed E-state index contributed by atoms with van der Waals surface area (Å²) >= 11 is 0. The van der Waals surface area contributed by atoms with Crippen LogP contribution in [0.3, 0.4) is 0 Å². The van der Waals surface area contributed by atoms with Gasteiger partial charge in [0.25, 0.3) is 0 Å². The molecule has 0 aliphatic carbocycles. The number of rotatable bonds is 0. The van der Waals surface area contributed by atoms with Crippen molar-refractivity contribution in [3.63, 3.8) is 0 Å². The lowest BCUT2D eigenvalue weighted by molar-refractivity contribution is 0.306. The predicted molar refractivity (Wildman–Crippen MR) is 26.4 cm³/mol. The van der Waals surface area contributed by atoms with E-state index in [-0.39, 0.29) is 0 Å². The molecule has 0 aromatic rings. The van der Waals surface area contributed by atoms with E-state index in [0.29, 0.717) is 6.42 Å². The second kappa shape index (κ2) is 2.26. The summed E-state index contributed by atoms with van der Waals surface area (Å²) in [6.45, 7) is 2.46. The molecule has 0 amide bonds. The summed E-state index contributed by atoms with van der Waals surface area (Å²) in [5, 5.41) is 2.83. The average molecular weight is 102 g/mol. The van der Waals surface area contributed by atoms with Crippen molar-refractivity contribution < 1.29 is 4.39 Å². The molecule has 1 N–H and O–H groups in total. The van der Waals surface area contributed by atoms with E-state index in [1.54, 1.807) is 0 Å². The van der Waals surface area contributed by atoms with Gasteiger partial charge in [0, 0.05) is 0 Å². The van der Waals surface area contributed by atoms with Gasteiger partial charge in [-0.1, -0.05) is 0 Å². The Morgan fingerprint density at radius 2 is 2.57 bits per heavy atom. The maximum absolute atomic E-state index is 12.1. The average Bonchev–Trinajstić information content (AvgIpc) is 1.69. The Balaban J connectivity index is 2.12. The molecule has 1 fully saturated rings. The Bertz CT molecular complexity index is 50.0. The van der Waals surface area contributed by atoms with Crippen molar-refractivity contribution in [2.24, 2.45) is 0 Å². The monoisotopic (exact) mass is 102 g/mol. The van der Waals surface area contributed by atoms with E-state index >= 15 is 0 Å². The van der Waals surface area contributed by atoms with Crippen molar-refractivity contribution >= 4 is 0 Å². The fourth-order valence-corrected chi connectivity index (χ4v) is 0.694. The lowest BCUT2D eigenvalue weighted by atomic mass is 10.1. The van der Waals surface area contributed by atoms with Gasteiger partial charge < -0.3 is 5.32 Å². The second-order valence-electron chi connectivity index (χ2n) is 1.78. The largest absolute Gasteiger partial charge is 0.310 e.